The van der Waals surface area contributed by atoms with Crippen molar-refractivity contribution in [1.82, 2.24) is 0 Å². The summed E-state index contributed by atoms with van der Waals surface area (Å²) in [6, 6.07) is 25.9. The Morgan fingerprint density at radius 1 is 0.635 bits per heavy atom. The number of esters is 4. The molecule has 0 amide bonds. The van der Waals surface area contributed by atoms with Crippen molar-refractivity contribution < 1.29 is 42.9 Å². The first kappa shape index (κ1) is 37.0. The molecule has 0 aliphatic heterocycles. The Balaban J connectivity index is 1.23. The molecule has 0 saturated carbocycles. The van der Waals surface area contributed by atoms with E-state index in [1.54, 1.807) is 61.5 Å². The third-order valence-corrected chi connectivity index (χ3v) is 8.53. The normalized spacial score (nSPS) is 12.3. The van der Waals surface area contributed by atoms with Crippen LogP contribution < -0.4 is 18.9 Å². The van der Waals surface area contributed by atoms with Gasteiger partial charge in [0.05, 0.1) is 11.1 Å². The van der Waals surface area contributed by atoms with Gasteiger partial charge in [-0.1, -0.05) is 44.3 Å². The fourth-order valence-electron chi connectivity index (χ4n) is 5.96. The van der Waals surface area contributed by atoms with Crippen molar-refractivity contribution >= 4 is 45.4 Å². The number of fused-ring (bicyclic) bond motifs is 3. The van der Waals surface area contributed by atoms with Gasteiger partial charge in [-0.2, -0.15) is 0 Å². The van der Waals surface area contributed by atoms with Gasteiger partial charge in [0.15, 0.2) is 0 Å². The van der Waals surface area contributed by atoms with E-state index in [1.807, 2.05) is 52.0 Å². The number of hydrogen-bond acceptors (Lipinski definition) is 9. The molecule has 5 aromatic rings. The predicted molar refractivity (Wildman–Crippen MR) is 199 cm³/mol. The summed E-state index contributed by atoms with van der Waals surface area (Å²) in [4.78, 5) is 49.3. The Morgan fingerprint density at radius 3 is 1.67 bits per heavy atom. The van der Waals surface area contributed by atoms with Gasteiger partial charge < -0.3 is 23.7 Å². The maximum atomic E-state index is 13.1. The van der Waals surface area contributed by atoms with Crippen LogP contribution in [0.15, 0.2) is 116 Å². The third-order valence-electron chi connectivity index (χ3n) is 8.53. The fourth-order valence-corrected chi connectivity index (χ4v) is 5.96. The van der Waals surface area contributed by atoms with Crippen LogP contribution in [0.25, 0.3) is 21.5 Å². The van der Waals surface area contributed by atoms with E-state index < -0.39 is 35.1 Å². The van der Waals surface area contributed by atoms with Crippen LogP contribution in [0.4, 0.5) is 0 Å². The SMILES string of the molecule is C=CC(=O)Oc1ccc(C(=O)Oc2ccc3c(ccc4cc(OC(=O)c5ccc(OC(C)(C)CC(C)(CC)OC(=O)C=C)cc5)ccc43)c2)cc1C. The molecular weight excluding hydrogens is 660 g/mol. The molecule has 0 aliphatic rings. The van der Waals surface area contributed by atoms with Crippen LogP contribution in [-0.2, 0) is 14.3 Å². The first-order valence-corrected chi connectivity index (χ1v) is 16.7. The second-order valence-corrected chi connectivity index (χ2v) is 13.2. The fraction of sp³-hybridized carbons (Fsp3) is 0.209. The van der Waals surface area contributed by atoms with E-state index in [9.17, 15) is 19.2 Å². The summed E-state index contributed by atoms with van der Waals surface area (Å²) in [6.07, 6.45) is 3.26. The van der Waals surface area contributed by atoms with E-state index in [-0.39, 0.29) is 0 Å². The van der Waals surface area contributed by atoms with Crippen molar-refractivity contribution in [2.75, 3.05) is 0 Å². The number of benzene rings is 5. The Hall–Kier alpha value is -6.22. The zero-order valence-electron chi connectivity index (χ0n) is 29.8. The molecule has 9 nitrogen and oxygen atoms in total. The Kier molecular flexibility index (Phi) is 10.9. The molecule has 52 heavy (non-hydrogen) atoms. The van der Waals surface area contributed by atoms with Gasteiger partial charge in [0, 0.05) is 18.6 Å². The van der Waals surface area contributed by atoms with E-state index in [2.05, 4.69) is 13.2 Å². The Labute approximate surface area is 302 Å². The second-order valence-electron chi connectivity index (χ2n) is 13.2. The van der Waals surface area contributed by atoms with Gasteiger partial charge in [-0.05, 0) is 128 Å². The molecule has 0 radical (unpaired) electrons. The third kappa shape index (κ3) is 8.92. The predicted octanol–water partition coefficient (Wildman–Crippen LogP) is 9.28. The van der Waals surface area contributed by atoms with E-state index >= 15 is 0 Å². The molecule has 0 aliphatic carbocycles. The Morgan fingerprint density at radius 2 is 1.15 bits per heavy atom. The summed E-state index contributed by atoms with van der Waals surface area (Å²) in [7, 11) is 0. The zero-order valence-corrected chi connectivity index (χ0v) is 29.8. The molecule has 1 unspecified atom stereocenters. The highest BCUT2D eigenvalue weighted by atomic mass is 16.6. The topological polar surface area (TPSA) is 114 Å². The average molecular weight is 701 g/mol. The lowest BCUT2D eigenvalue weighted by molar-refractivity contribution is -0.156. The van der Waals surface area contributed by atoms with Crippen molar-refractivity contribution in [3.8, 4) is 23.0 Å². The molecule has 5 rings (SSSR count). The maximum Gasteiger partial charge on any atom is 0.343 e. The molecule has 0 aromatic heterocycles. The minimum absolute atomic E-state index is 0.310. The summed E-state index contributed by atoms with van der Waals surface area (Å²) in [5.41, 5.74) is -0.141. The Bertz CT molecular complexity index is 2200. The van der Waals surface area contributed by atoms with Gasteiger partial charge >= 0.3 is 23.9 Å². The second kappa shape index (κ2) is 15.3. The van der Waals surface area contributed by atoms with Crippen LogP contribution in [0, 0.1) is 6.92 Å². The highest BCUT2D eigenvalue weighted by molar-refractivity contribution is 6.08. The molecule has 0 spiro atoms. The van der Waals surface area contributed by atoms with Crippen molar-refractivity contribution in [2.45, 2.75) is 58.7 Å². The van der Waals surface area contributed by atoms with Crippen molar-refractivity contribution in [3.05, 3.63) is 133 Å². The van der Waals surface area contributed by atoms with E-state index in [0.717, 1.165) is 33.7 Å². The standard InChI is InChI=1S/C43H40O9/c1-8-38(44)50-37-22-15-31(23-27(37)4)41(47)49-34-19-21-36-30(25-34)12-11-29-24-33(18-20-35(29)36)48-40(46)28-13-16-32(17-14-28)51-42(5,6)26-43(7,10-3)52-39(45)9-2/h8-9,11-25H,1-2,10,26H2,3-7H3. The zero-order chi connectivity index (χ0) is 37.6. The number of rotatable bonds is 13. The lowest BCUT2D eigenvalue weighted by Gasteiger charge is -2.36. The van der Waals surface area contributed by atoms with Gasteiger partial charge in [0.2, 0.25) is 0 Å². The number of ether oxygens (including phenoxy) is 5. The average Bonchev–Trinajstić information content (AvgIpc) is 3.11. The van der Waals surface area contributed by atoms with Gasteiger partial charge in [0.1, 0.15) is 34.2 Å². The molecule has 9 heteroatoms. The maximum absolute atomic E-state index is 13.1. The lowest BCUT2D eigenvalue weighted by atomic mass is 9.88. The molecular formula is C43H40O9. The molecule has 0 bridgehead atoms. The molecule has 0 N–H and O–H groups in total. The monoisotopic (exact) mass is 700 g/mol. The van der Waals surface area contributed by atoms with Crippen LogP contribution in [0.5, 0.6) is 23.0 Å². The summed E-state index contributed by atoms with van der Waals surface area (Å²) in [5, 5.41) is 3.57. The lowest BCUT2D eigenvalue weighted by Crippen LogP contribution is -2.42. The van der Waals surface area contributed by atoms with Crippen molar-refractivity contribution in [1.29, 1.82) is 0 Å². The van der Waals surface area contributed by atoms with Crippen molar-refractivity contribution in [2.24, 2.45) is 0 Å². The smallest absolute Gasteiger partial charge is 0.343 e. The van der Waals surface area contributed by atoms with Gasteiger partial charge in [-0.3, -0.25) is 0 Å². The number of carbonyl (C=O) groups is 4. The van der Waals surface area contributed by atoms with Gasteiger partial charge in [-0.25, -0.2) is 19.2 Å². The van der Waals surface area contributed by atoms with Crippen LogP contribution in [0.2, 0.25) is 0 Å². The largest absolute Gasteiger partial charge is 0.488 e. The first-order valence-electron chi connectivity index (χ1n) is 16.7. The summed E-state index contributed by atoms with van der Waals surface area (Å²) in [5.74, 6) is -0.488. The minimum atomic E-state index is -0.733. The molecule has 266 valence electrons. The van der Waals surface area contributed by atoms with Crippen molar-refractivity contribution in [3.63, 3.8) is 0 Å². The van der Waals surface area contributed by atoms with Crippen LogP contribution in [-0.4, -0.2) is 35.1 Å². The highest BCUT2D eigenvalue weighted by Crippen LogP contribution is 2.33. The van der Waals surface area contributed by atoms with Crippen LogP contribution >= 0.6 is 0 Å². The van der Waals surface area contributed by atoms with E-state index in [1.165, 1.54) is 12.1 Å². The number of aryl methyl sites for hydroxylation is 1. The summed E-state index contributed by atoms with van der Waals surface area (Å²) < 4.78 is 28.3. The van der Waals surface area contributed by atoms with Gasteiger partial charge in [-0.15, -0.1) is 0 Å². The van der Waals surface area contributed by atoms with Crippen LogP contribution in [0.1, 0.15) is 66.8 Å². The van der Waals surface area contributed by atoms with E-state index in [0.29, 0.717) is 52.5 Å². The number of hydrogen-bond donors (Lipinski definition) is 0. The highest BCUT2D eigenvalue weighted by Gasteiger charge is 2.35. The molecule has 1 atom stereocenters. The number of carbonyl (C=O) groups excluding carboxylic acids is 4. The molecule has 0 fully saturated rings. The summed E-state index contributed by atoms with van der Waals surface area (Å²) >= 11 is 0. The molecule has 0 heterocycles. The van der Waals surface area contributed by atoms with Crippen LogP contribution in [0.3, 0.4) is 0 Å². The first-order chi connectivity index (χ1) is 24.7. The molecule has 5 aromatic carbocycles. The van der Waals surface area contributed by atoms with Gasteiger partial charge in [0.25, 0.3) is 0 Å². The minimum Gasteiger partial charge on any atom is -0.488 e. The molecule has 0 saturated heterocycles. The quantitative estimate of drug-likeness (QED) is 0.0513. The summed E-state index contributed by atoms with van der Waals surface area (Å²) in [6.45, 7) is 16.2. The van der Waals surface area contributed by atoms with E-state index in [4.69, 9.17) is 23.7 Å².